The molecule has 7 nitrogen and oxygen atoms in total. The summed E-state index contributed by atoms with van der Waals surface area (Å²) in [6, 6.07) is 10.4. The van der Waals surface area contributed by atoms with Crippen molar-refractivity contribution >= 4 is 81.0 Å². The molecule has 0 spiro atoms. The fraction of sp³-hybridized carbons (Fsp3) is 0.267. The van der Waals surface area contributed by atoms with Crippen LogP contribution in [0.2, 0.25) is 15.1 Å². The Hall–Kier alpha value is -2.94. The molecule has 0 saturated heterocycles. The van der Waals surface area contributed by atoms with E-state index in [2.05, 4.69) is 17.4 Å². The zero-order valence-electron chi connectivity index (χ0n) is 25.1. The molecule has 0 aliphatic heterocycles. The molecule has 0 aliphatic rings. The molecule has 258 valence electrons. The number of aryl methyl sites for hydroxylation is 1. The van der Waals surface area contributed by atoms with Crippen molar-refractivity contribution in [1.82, 2.24) is 0 Å². The second-order valence-electron chi connectivity index (χ2n) is 8.65. The number of aliphatic hydroxyl groups excluding tert-OH is 1. The lowest BCUT2D eigenvalue weighted by atomic mass is 10.1. The highest BCUT2D eigenvalue weighted by Crippen LogP contribution is 2.42. The number of carbonyl (C=O) groups is 1. The first-order valence-corrected chi connectivity index (χ1v) is 15.1. The number of carbonyl (C=O) groups excluding carboxylic acids is 3. The summed E-state index contributed by atoms with van der Waals surface area (Å²) in [6.45, 7) is 4.86. The standard InChI is InChI=1S/C10H6ClF3S.C8H8ClFO2.C8H8ClFO.C3H6O2S.CO2/c1-5-4-6-2-3-7(11)8(9(6)15-5)10(12,13)14;1-4-6(9)3-2-5(7(4)10)8(11)12;1-5-6(9)3-4-7(11-2)8(5)10;1-5-3(4)2-6;2-1-3/h2-4H,1H3;2-3,8,11-12H,1H3;3-4H,1-2H3;6H,2H2,1H3;. The summed E-state index contributed by atoms with van der Waals surface area (Å²) in [5.74, 6) is -0.959. The molecule has 1 heterocycles. The number of alkyl halides is 3. The predicted molar refractivity (Wildman–Crippen MR) is 173 cm³/mol. The lowest BCUT2D eigenvalue weighted by Gasteiger charge is -2.09. The number of rotatable bonds is 3. The molecule has 0 bridgehead atoms. The first-order valence-electron chi connectivity index (χ1n) is 12.5. The monoisotopic (exact) mass is 764 g/mol. The number of halogens is 8. The van der Waals surface area contributed by atoms with Crippen LogP contribution in [0, 0.1) is 32.4 Å². The molecule has 47 heavy (non-hydrogen) atoms. The number of ether oxygens (including phenoxy) is 2. The number of methoxy groups -OCH3 is 2. The number of thiol groups is 1. The van der Waals surface area contributed by atoms with E-state index in [1.807, 2.05) is 0 Å². The molecule has 0 amide bonds. The van der Waals surface area contributed by atoms with Crippen LogP contribution in [-0.4, -0.2) is 42.3 Å². The van der Waals surface area contributed by atoms with Crippen molar-refractivity contribution < 1.29 is 56.0 Å². The van der Waals surface area contributed by atoms with Crippen molar-refractivity contribution in [3.05, 3.63) is 96.3 Å². The minimum atomic E-state index is -4.39. The molecule has 0 saturated carbocycles. The normalized spacial score (nSPS) is 10.1. The van der Waals surface area contributed by atoms with Gasteiger partial charge in [-0.25, -0.2) is 8.78 Å². The average molecular weight is 766 g/mol. The Balaban J connectivity index is 0.000000605. The van der Waals surface area contributed by atoms with E-state index in [1.54, 1.807) is 32.0 Å². The van der Waals surface area contributed by atoms with Gasteiger partial charge in [-0.2, -0.15) is 35.4 Å². The second kappa shape index (κ2) is 21.1. The Morgan fingerprint density at radius 3 is 1.83 bits per heavy atom. The van der Waals surface area contributed by atoms with Gasteiger partial charge < -0.3 is 19.7 Å². The molecule has 4 rings (SSSR count). The van der Waals surface area contributed by atoms with E-state index in [-0.39, 0.29) is 55.3 Å². The molecular weight excluding hydrogens is 738 g/mol. The third kappa shape index (κ3) is 14.0. The maximum absolute atomic E-state index is 13.1. The van der Waals surface area contributed by atoms with E-state index in [9.17, 15) is 26.7 Å². The SMILES string of the molecule is COC(=O)CS.COc1ccc(Cl)c(C)c1F.Cc1c(Cl)ccc(C(O)O)c1F.Cc1cc2ccc(Cl)c(C(F)(F)F)c2s1.O=C=O. The maximum Gasteiger partial charge on any atom is 0.419 e. The van der Waals surface area contributed by atoms with E-state index >= 15 is 0 Å². The summed E-state index contributed by atoms with van der Waals surface area (Å²) in [5.41, 5.74) is -0.232. The third-order valence-corrected chi connectivity index (χ3v) is 8.01. The number of fused-ring (bicyclic) bond motifs is 1. The van der Waals surface area contributed by atoms with Gasteiger partial charge in [0.1, 0.15) is 5.82 Å². The number of hydrogen-bond acceptors (Lipinski definition) is 9. The Labute approximate surface area is 291 Å². The van der Waals surface area contributed by atoms with E-state index < -0.39 is 23.8 Å². The van der Waals surface area contributed by atoms with Crippen LogP contribution in [0.1, 0.15) is 33.4 Å². The Kier molecular flexibility index (Phi) is 19.8. The fourth-order valence-corrected chi connectivity index (χ4v) is 5.03. The molecule has 4 aromatic rings. The summed E-state index contributed by atoms with van der Waals surface area (Å²) in [7, 11) is 2.75. The first-order chi connectivity index (χ1) is 21.8. The Morgan fingerprint density at radius 2 is 1.40 bits per heavy atom. The van der Waals surface area contributed by atoms with Crippen molar-refractivity contribution in [3.63, 3.8) is 0 Å². The van der Waals surface area contributed by atoms with Crippen molar-refractivity contribution in [2.24, 2.45) is 0 Å². The molecule has 1 aromatic heterocycles. The summed E-state index contributed by atoms with van der Waals surface area (Å²) in [6.07, 6.45) is -5.94. The van der Waals surface area contributed by atoms with Gasteiger partial charge in [0.25, 0.3) is 0 Å². The number of aliphatic hydroxyl groups is 2. The van der Waals surface area contributed by atoms with Gasteiger partial charge in [0, 0.05) is 36.3 Å². The lowest BCUT2D eigenvalue weighted by Crippen LogP contribution is -2.05. The van der Waals surface area contributed by atoms with Gasteiger partial charge in [-0.3, -0.25) is 4.79 Å². The van der Waals surface area contributed by atoms with Gasteiger partial charge in [0.15, 0.2) is 17.9 Å². The summed E-state index contributed by atoms with van der Waals surface area (Å²) in [5, 5.41) is 18.4. The predicted octanol–water partition coefficient (Wildman–Crippen LogP) is 8.95. The second-order valence-corrected chi connectivity index (χ2v) is 11.4. The first kappa shape index (κ1) is 44.1. The highest BCUT2D eigenvalue weighted by atomic mass is 35.5. The van der Waals surface area contributed by atoms with Gasteiger partial charge in [0.05, 0.1) is 30.6 Å². The van der Waals surface area contributed by atoms with Gasteiger partial charge in [-0.05, 0) is 62.6 Å². The maximum atomic E-state index is 13.1. The van der Waals surface area contributed by atoms with E-state index in [1.165, 1.54) is 45.4 Å². The number of esters is 1. The minimum absolute atomic E-state index is 0.156. The van der Waals surface area contributed by atoms with Gasteiger partial charge in [0.2, 0.25) is 0 Å². The van der Waals surface area contributed by atoms with E-state index in [0.717, 1.165) is 16.2 Å². The summed E-state index contributed by atoms with van der Waals surface area (Å²) in [4.78, 5) is 27.0. The Morgan fingerprint density at radius 1 is 0.915 bits per heavy atom. The molecule has 17 heteroatoms. The van der Waals surface area contributed by atoms with Crippen LogP contribution in [0.5, 0.6) is 5.75 Å². The molecule has 3 aromatic carbocycles. The number of hydrogen-bond donors (Lipinski definition) is 3. The van der Waals surface area contributed by atoms with Crippen molar-refractivity contribution in [1.29, 1.82) is 0 Å². The molecule has 2 N–H and O–H groups in total. The molecule has 0 fully saturated rings. The summed E-state index contributed by atoms with van der Waals surface area (Å²) < 4.78 is 73.4. The fourth-order valence-electron chi connectivity index (χ4n) is 3.21. The van der Waals surface area contributed by atoms with Crippen LogP contribution >= 0.6 is 58.8 Å². The zero-order valence-corrected chi connectivity index (χ0v) is 29.1. The van der Waals surface area contributed by atoms with Crippen molar-refractivity contribution in [2.75, 3.05) is 20.0 Å². The quantitative estimate of drug-likeness (QED) is 0.0827. The summed E-state index contributed by atoms with van der Waals surface area (Å²) >= 11 is 21.6. The van der Waals surface area contributed by atoms with Crippen molar-refractivity contribution in [3.8, 4) is 5.75 Å². The van der Waals surface area contributed by atoms with Gasteiger partial charge in [-0.15, -0.1) is 11.3 Å². The van der Waals surface area contributed by atoms with E-state index in [0.29, 0.717) is 16.0 Å². The van der Waals surface area contributed by atoms with Crippen LogP contribution in [0.25, 0.3) is 10.1 Å². The number of thiophene rings is 1. The third-order valence-electron chi connectivity index (χ3n) is 5.53. The molecular formula is C30H28Cl3F5O7S2. The Bertz CT molecular complexity index is 1650. The zero-order chi connectivity index (χ0) is 36.6. The van der Waals surface area contributed by atoms with Crippen molar-refractivity contribution in [2.45, 2.75) is 33.2 Å². The minimum Gasteiger partial charge on any atom is -0.494 e. The van der Waals surface area contributed by atoms with Gasteiger partial charge in [-0.1, -0.05) is 40.9 Å². The van der Waals surface area contributed by atoms with Crippen LogP contribution in [0.3, 0.4) is 0 Å². The van der Waals surface area contributed by atoms with Gasteiger partial charge >= 0.3 is 18.3 Å². The number of benzene rings is 3. The van der Waals surface area contributed by atoms with Crippen LogP contribution in [-0.2, 0) is 25.3 Å². The van der Waals surface area contributed by atoms with E-state index in [4.69, 9.17) is 59.3 Å². The largest absolute Gasteiger partial charge is 0.494 e. The highest BCUT2D eigenvalue weighted by Gasteiger charge is 2.35. The molecule has 0 unspecified atom stereocenters. The lowest BCUT2D eigenvalue weighted by molar-refractivity contribution is -0.191. The van der Waals surface area contributed by atoms with Crippen LogP contribution < -0.4 is 4.74 Å². The smallest absolute Gasteiger partial charge is 0.419 e. The van der Waals surface area contributed by atoms with Crippen LogP contribution in [0.15, 0.2) is 42.5 Å². The molecule has 0 radical (unpaired) electrons. The molecule has 0 atom stereocenters. The molecule has 0 aliphatic carbocycles. The van der Waals surface area contributed by atoms with Crippen LogP contribution in [0.4, 0.5) is 22.0 Å². The topological polar surface area (TPSA) is 110 Å². The highest BCUT2D eigenvalue weighted by molar-refractivity contribution is 7.81. The average Bonchev–Trinajstić information content (AvgIpc) is 3.38.